The first-order chi connectivity index (χ1) is 7.31. The second-order valence-corrected chi connectivity index (χ2v) is 4.74. The highest BCUT2D eigenvalue weighted by molar-refractivity contribution is 5.74. The van der Waals surface area contributed by atoms with Crippen LogP contribution in [0.1, 0.15) is 29.6 Å². The summed E-state index contributed by atoms with van der Waals surface area (Å²) in [6.45, 7) is 2.27. The van der Waals surface area contributed by atoms with E-state index in [1.165, 1.54) is 19.3 Å². The summed E-state index contributed by atoms with van der Waals surface area (Å²) in [6, 6.07) is 3.79. The molecule has 1 saturated heterocycles. The third-order valence-electron chi connectivity index (χ3n) is 3.63. The van der Waals surface area contributed by atoms with Crippen molar-refractivity contribution in [3.05, 3.63) is 23.9 Å². The lowest BCUT2D eigenvalue weighted by Crippen LogP contribution is -2.20. The van der Waals surface area contributed by atoms with Gasteiger partial charge in [-0.2, -0.15) is 0 Å². The van der Waals surface area contributed by atoms with Crippen molar-refractivity contribution in [1.82, 2.24) is 4.98 Å². The van der Waals surface area contributed by atoms with Gasteiger partial charge in [0, 0.05) is 24.8 Å². The largest absolute Gasteiger partial charge is 0.356 e. The van der Waals surface area contributed by atoms with E-state index in [0.29, 0.717) is 11.0 Å². The molecule has 1 aliphatic heterocycles. The van der Waals surface area contributed by atoms with Gasteiger partial charge in [0.1, 0.15) is 5.82 Å². The molecule has 0 radical (unpaired) electrons. The van der Waals surface area contributed by atoms with Crippen molar-refractivity contribution in [2.24, 2.45) is 5.41 Å². The topological polar surface area (TPSA) is 33.2 Å². The number of pyridine rings is 1. The number of anilines is 1. The Morgan fingerprint density at radius 2 is 2.20 bits per heavy atom. The van der Waals surface area contributed by atoms with E-state index in [-0.39, 0.29) is 0 Å². The van der Waals surface area contributed by atoms with E-state index < -0.39 is 0 Å². The molecule has 78 valence electrons. The fraction of sp³-hybridized carbons (Fsp3) is 0.500. The van der Waals surface area contributed by atoms with E-state index in [2.05, 4.69) is 9.88 Å². The van der Waals surface area contributed by atoms with Crippen LogP contribution in [0, 0.1) is 5.41 Å². The van der Waals surface area contributed by atoms with Crippen LogP contribution in [-0.2, 0) is 0 Å². The van der Waals surface area contributed by atoms with Gasteiger partial charge in [-0.1, -0.05) is 0 Å². The summed E-state index contributed by atoms with van der Waals surface area (Å²) in [5, 5.41) is 0. The number of hydrogen-bond donors (Lipinski definition) is 0. The van der Waals surface area contributed by atoms with Gasteiger partial charge in [-0.15, -0.1) is 0 Å². The molecule has 2 aliphatic rings. The molecule has 3 rings (SSSR count). The van der Waals surface area contributed by atoms with Gasteiger partial charge < -0.3 is 4.90 Å². The third kappa shape index (κ3) is 1.52. The molecule has 0 aromatic carbocycles. The summed E-state index contributed by atoms with van der Waals surface area (Å²) in [4.78, 5) is 17.2. The molecule has 1 spiro atoms. The summed E-state index contributed by atoms with van der Waals surface area (Å²) in [5.41, 5.74) is 1.28. The van der Waals surface area contributed by atoms with Crippen molar-refractivity contribution in [3.63, 3.8) is 0 Å². The predicted molar refractivity (Wildman–Crippen MR) is 58.1 cm³/mol. The standard InChI is InChI=1S/C12H14N2O/c15-8-10-1-2-11(13-7-10)14-6-5-12(9-14)3-4-12/h1-2,7-8H,3-6,9H2. The van der Waals surface area contributed by atoms with Crippen molar-refractivity contribution >= 4 is 12.1 Å². The summed E-state index contributed by atoms with van der Waals surface area (Å²) in [6.07, 6.45) is 6.57. The number of aromatic nitrogens is 1. The van der Waals surface area contributed by atoms with Crippen LogP contribution < -0.4 is 4.90 Å². The molecule has 0 unspecified atom stereocenters. The maximum Gasteiger partial charge on any atom is 0.151 e. The van der Waals surface area contributed by atoms with Gasteiger partial charge in [0.25, 0.3) is 0 Å². The van der Waals surface area contributed by atoms with Crippen molar-refractivity contribution in [1.29, 1.82) is 0 Å². The van der Waals surface area contributed by atoms with Crippen LogP contribution in [0.15, 0.2) is 18.3 Å². The van der Waals surface area contributed by atoms with Crippen molar-refractivity contribution < 1.29 is 4.79 Å². The maximum atomic E-state index is 10.5. The Labute approximate surface area is 89.1 Å². The van der Waals surface area contributed by atoms with Gasteiger partial charge in [-0.25, -0.2) is 4.98 Å². The Balaban J connectivity index is 1.78. The second-order valence-electron chi connectivity index (χ2n) is 4.74. The molecule has 3 nitrogen and oxygen atoms in total. The van der Waals surface area contributed by atoms with Gasteiger partial charge >= 0.3 is 0 Å². The molecule has 2 heterocycles. The van der Waals surface area contributed by atoms with E-state index >= 15 is 0 Å². The number of carbonyl (C=O) groups excluding carboxylic acids is 1. The summed E-state index contributed by atoms with van der Waals surface area (Å²) in [5.74, 6) is 1.02. The first-order valence-electron chi connectivity index (χ1n) is 5.48. The molecular weight excluding hydrogens is 188 g/mol. The van der Waals surface area contributed by atoms with Crippen LogP contribution in [0.3, 0.4) is 0 Å². The average molecular weight is 202 g/mol. The van der Waals surface area contributed by atoms with Crippen molar-refractivity contribution in [3.8, 4) is 0 Å². The van der Waals surface area contributed by atoms with Crippen LogP contribution in [-0.4, -0.2) is 24.4 Å². The number of nitrogens with zero attached hydrogens (tertiary/aromatic N) is 2. The molecule has 3 heteroatoms. The van der Waals surface area contributed by atoms with Crippen LogP contribution in [0.2, 0.25) is 0 Å². The lowest BCUT2D eigenvalue weighted by Gasteiger charge is -2.16. The van der Waals surface area contributed by atoms with Gasteiger partial charge in [-0.3, -0.25) is 4.79 Å². The molecule has 1 aromatic heterocycles. The fourth-order valence-electron chi connectivity index (χ4n) is 2.37. The van der Waals surface area contributed by atoms with E-state index in [4.69, 9.17) is 0 Å². The zero-order valence-electron chi connectivity index (χ0n) is 8.65. The Bertz CT molecular complexity index is 381. The number of hydrogen-bond acceptors (Lipinski definition) is 3. The SMILES string of the molecule is O=Cc1ccc(N2CCC3(CC3)C2)nc1. The molecule has 0 atom stereocenters. The third-order valence-corrected chi connectivity index (χ3v) is 3.63. The van der Waals surface area contributed by atoms with E-state index in [1.54, 1.807) is 6.20 Å². The molecule has 1 saturated carbocycles. The summed E-state index contributed by atoms with van der Waals surface area (Å²) >= 11 is 0. The fourth-order valence-corrected chi connectivity index (χ4v) is 2.37. The molecule has 2 fully saturated rings. The van der Waals surface area contributed by atoms with E-state index in [0.717, 1.165) is 25.2 Å². The highest BCUT2D eigenvalue weighted by atomic mass is 16.1. The van der Waals surface area contributed by atoms with Crippen LogP contribution in [0.5, 0.6) is 0 Å². The lowest BCUT2D eigenvalue weighted by atomic mass is 10.1. The minimum atomic E-state index is 0.630. The Morgan fingerprint density at radius 3 is 2.73 bits per heavy atom. The Hall–Kier alpha value is -1.38. The van der Waals surface area contributed by atoms with Crippen molar-refractivity contribution in [2.45, 2.75) is 19.3 Å². The Morgan fingerprint density at radius 1 is 1.33 bits per heavy atom. The number of carbonyl (C=O) groups is 1. The first kappa shape index (κ1) is 8.89. The quantitative estimate of drug-likeness (QED) is 0.686. The van der Waals surface area contributed by atoms with Gasteiger partial charge in [-0.05, 0) is 36.8 Å². The van der Waals surface area contributed by atoms with Crippen LogP contribution >= 0.6 is 0 Å². The molecule has 1 aliphatic carbocycles. The van der Waals surface area contributed by atoms with E-state index in [1.807, 2.05) is 12.1 Å². The summed E-state index contributed by atoms with van der Waals surface area (Å²) < 4.78 is 0. The number of rotatable bonds is 2. The Kier molecular flexibility index (Phi) is 1.81. The van der Waals surface area contributed by atoms with Crippen molar-refractivity contribution in [2.75, 3.05) is 18.0 Å². The van der Waals surface area contributed by atoms with E-state index in [9.17, 15) is 4.79 Å². The van der Waals surface area contributed by atoms with Gasteiger partial charge in [0.05, 0.1) is 0 Å². The molecule has 1 aromatic rings. The first-order valence-corrected chi connectivity index (χ1v) is 5.48. The molecule has 0 amide bonds. The van der Waals surface area contributed by atoms with Gasteiger partial charge in [0.2, 0.25) is 0 Å². The predicted octanol–water partition coefficient (Wildman–Crippen LogP) is 1.88. The highest BCUT2D eigenvalue weighted by Gasteiger charge is 2.47. The van der Waals surface area contributed by atoms with Crippen LogP contribution in [0.4, 0.5) is 5.82 Å². The van der Waals surface area contributed by atoms with Gasteiger partial charge in [0.15, 0.2) is 6.29 Å². The second kappa shape index (κ2) is 3.05. The minimum Gasteiger partial charge on any atom is -0.356 e. The number of aldehydes is 1. The smallest absolute Gasteiger partial charge is 0.151 e. The van der Waals surface area contributed by atoms with Crippen LogP contribution in [0.25, 0.3) is 0 Å². The summed E-state index contributed by atoms with van der Waals surface area (Å²) in [7, 11) is 0. The zero-order chi connectivity index (χ0) is 10.3. The maximum absolute atomic E-state index is 10.5. The highest BCUT2D eigenvalue weighted by Crippen LogP contribution is 2.53. The average Bonchev–Trinajstić information content (AvgIpc) is 2.90. The molecular formula is C12H14N2O. The zero-order valence-corrected chi connectivity index (χ0v) is 8.65. The molecule has 0 bridgehead atoms. The normalized spacial score (nSPS) is 22.0. The lowest BCUT2D eigenvalue weighted by molar-refractivity contribution is 0.112. The monoisotopic (exact) mass is 202 g/mol. The molecule has 0 N–H and O–H groups in total. The minimum absolute atomic E-state index is 0.630. The molecule has 15 heavy (non-hydrogen) atoms.